The maximum Gasteiger partial charge on any atom is 0.328 e. The van der Waals surface area contributed by atoms with E-state index in [0.29, 0.717) is 30.2 Å². The van der Waals surface area contributed by atoms with E-state index in [9.17, 15) is 9.59 Å². The molecule has 0 heterocycles. The lowest BCUT2D eigenvalue weighted by molar-refractivity contribution is -0.168. The fourth-order valence-corrected chi connectivity index (χ4v) is 3.99. The number of halogens is 1. The summed E-state index contributed by atoms with van der Waals surface area (Å²) in [6.45, 7) is 6.24. The highest BCUT2D eigenvalue weighted by atomic mass is 35.5. The van der Waals surface area contributed by atoms with Crippen LogP contribution in [-0.2, 0) is 14.3 Å². The van der Waals surface area contributed by atoms with Crippen LogP contribution in [0.4, 0.5) is 0 Å². The van der Waals surface area contributed by atoms with Crippen molar-refractivity contribution in [2.75, 3.05) is 6.61 Å². The Morgan fingerprint density at radius 2 is 1.19 bits per heavy atom. The third kappa shape index (κ3) is 10.4. The molecule has 182 valence electrons. The van der Waals surface area contributed by atoms with Crippen LogP contribution in [0.1, 0.15) is 111 Å². The lowest BCUT2D eigenvalue weighted by Gasteiger charge is -2.26. The van der Waals surface area contributed by atoms with Crippen LogP contribution in [0, 0.1) is 5.41 Å². The van der Waals surface area contributed by atoms with Gasteiger partial charge in [0.15, 0.2) is 5.41 Å². The molecule has 0 N–H and O–H groups in total. The number of ether oxygens (including phenoxy) is 2. The van der Waals surface area contributed by atoms with Crippen molar-refractivity contribution in [3.05, 3.63) is 29.3 Å². The van der Waals surface area contributed by atoms with Crippen LogP contribution in [0.2, 0.25) is 5.02 Å². The highest BCUT2D eigenvalue weighted by Gasteiger charge is 2.46. The van der Waals surface area contributed by atoms with E-state index in [1.54, 1.807) is 24.3 Å². The van der Waals surface area contributed by atoms with E-state index in [2.05, 4.69) is 6.92 Å². The van der Waals surface area contributed by atoms with Crippen molar-refractivity contribution in [1.82, 2.24) is 0 Å². The summed E-state index contributed by atoms with van der Waals surface area (Å²) in [7, 11) is 0. The number of rotatable bonds is 18. The zero-order chi connectivity index (χ0) is 23.7. The van der Waals surface area contributed by atoms with Crippen LogP contribution < -0.4 is 4.74 Å². The predicted octanol–water partition coefficient (Wildman–Crippen LogP) is 8.30. The molecule has 0 aliphatic rings. The smallest absolute Gasteiger partial charge is 0.328 e. The molecule has 1 aromatic rings. The summed E-state index contributed by atoms with van der Waals surface area (Å²) >= 11 is 5.87. The van der Waals surface area contributed by atoms with Gasteiger partial charge in [-0.3, -0.25) is 9.59 Å². The SMILES string of the molecule is CCCCCCCCCCCCCCOC(=O)C(CC)(CC)C(=O)Oc1ccc(Cl)cc1. The Bertz CT molecular complexity index is 638. The molecule has 0 radical (unpaired) electrons. The van der Waals surface area contributed by atoms with Gasteiger partial charge in [-0.15, -0.1) is 0 Å². The van der Waals surface area contributed by atoms with Crippen LogP contribution in [0.15, 0.2) is 24.3 Å². The molecule has 0 amide bonds. The fraction of sp³-hybridized carbons (Fsp3) is 0.704. The van der Waals surface area contributed by atoms with Crippen LogP contribution in [0.5, 0.6) is 5.75 Å². The molecule has 0 saturated carbocycles. The van der Waals surface area contributed by atoms with Crippen molar-refractivity contribution in [3.63, 3.8) is 0 Å². The topological polar surface area (TPSA) is 52.6 Å². The summed E-state index contributed by atoms with van der Waals surface area (Å²) in [6, 6.07) is 6.54. The normalized spacial score (nSPS) is 11.4. The maximum absolute atomic E-state index is 12.8. The first kappa shape index (κ1) is 28.5. The minimum absolute atomic E-state index is 0.340. The highest BCUT2D eigenvalue weighted by molar-refractivity contribution is 6.30. The fourth-order valence-electron chi connectivity index (χ4n) is 3.86. The largest absolute Gasteiger partial charge is 0.465 e. The van der Waals surface area contributed by atoms with Crippen LogP contribution >= 0.6 is 11.6 Å². The van der Waals surface area contributed by atoms with Gasteiger partial charge < -0.3 is 9.47 Å². The van der Waals surface area contributed by atoms with Gasteiger partial charge >= 0.3 is 11.9 Å². The van der Waals surface area contributed by atoms with Crippen molar-refractivity contribution in [3.8, 4) is 5.75 Å². The van der Waals surface area contributed by atoms with Gasteiger partial charge in [-0.1, -0.05) is 103 Å². The van der Waals surface area contributed by atoms with Crippen LogP contribution in [0.3, 0.4) is 0 Å². The summed E-state index contributed by atoms with van der Waals surface area (Å²) in [4.78, 5) is 25.6. The van der Waals surface area contributed by atoms with E-state index in [-0.39, 0.29) is 0 Å². The van der Waals surface area contributed by atoms with E-state index in [1.807, 2.05) is 13.8 Å². The second kappa shape index (κ2) is 17.0. The van der Waals surface area contributed by atoms with E-state index in [4.69, 9.17) is 21.1 Å². The summed E-state index contributed by atoms with van der Waals surface area (Å²) in [5.74, 6) is -0.673. The van der Waals surface area contributed by atoms with Gasteiger partial charge in [-0.05, 0) is 43.5 Å². The average Bonchev–Trinajstić information content (AvgIpc) is 2.79. The lowest BCUT2D eigenvalue weighted by atomic mass is 9.82. The Balaban J connectivity index is 2.25. The van der Waals surface area contributed by atoms with Gasteiger partial charge in [0.1, 0.15) is 5.75 Å². The molecule has 1 aromatic carbocycles. The van der Waals surface area contributed by atoms with Crippen molar-refractivity contribution in [1.29, 1.82) is 0 Å². The third-order valence-electron chi connectivity index (χ3n) is 6.24. The zero-order valence-corrected chi connectivity index (χ0v) is 21.2. The molecule has 0 saturated heterocycles. The number of unbranched alkanes of at least 4 members (excludes halogenated alkanes) is 11. The Labute approximate surface area is 200 Å². The van der Waals surface area contributed by atoms with E-state index >= 15 is 0 Å². The molecular formula is C27H43ClO4. The molecule has 0 aliphatic carbocycles. The lowest BCUT2D eigenvalue weighted by Crippen LogP contribution is -2.42. The summed E-state index contributed by atoms with van der Waals surface area (Å²) in [5, 5.41) is 0.559. The maximum atomic E-state index is 12.8. The summed E-state index contributed by atoms with van der Waals surface area (Å²) < 4.78 is 11.0. The van der Waals surface area contributed by atoms with Crippen molar-refractivity contribution >= 4 is 23.5 Å². The van der Waals surface area contributed by atoms with Gasteiger partial charge in [0.05, 0.1) is 6.61 Å². The average molecular weight is 467 g/mol. The monoisotopic (exact) mass is 466 g/mol. The molecule has 5 heteroatoms. The van der Waals surface area contributed by atoms with E-state index in [1.165, 1.54) is 64.2 Å². The highest BCUT2D eigenvalue weighted by Crippen LogP contribution is 2.31. The minimum atomic E-state index is -1.27. The van der Waals surface area contributed by atoms with E-state index in [0.717, 1.165) is 12.8 Å². The molecule has 1 rings (SSSR count). The predicted molar refractivity (Wildman–Crippen MR) is 132 cm³/mol. The Kier molecular flexibility index (Phi) is 15.1. The van der Waals surface area contributed by atoms with Gasteiger partial charge in [0, 0.05) is 5.02 Å². The number of hydrogen-bond acceptors (Lipinski definition) is 4. The molecule has 0 atom stereocenters. The summed E-state index contributed by atoms with van der Waals surface area (Å²) in [5.41, 5.74) is -1.27. The number of carbonyl (C=O) groups excluding carboxylic acids is 2. The molecular weight excluding hydrogens is 424 g/mol. The number of esters is 2. The molecule has 4 nitrogen and oxygen atoms in total. The molecule has 32 heavy (non-hydrogen) atoms. The minimum Gasteiger partial charge on any atom is -0.465 e. The van der Waals surface area contributed by atoms with Crippen molar-refractivity contribution < 1.29 is 19.1 Å². The van der Waals surface area contributed by atoms with Gasteiger partial charge in [0.2, 0.25) is 0 Å². The number of carbonyl (C=O) groups is 2. The molecule has 0 aromatic heterocycles. The number of hydrogen-bond donors (Lipinski definition) is 0. The molecule has 0 spiro atoms. The molecule has 0 aliphatic heterocycles. The van der Waals surface area contributed by atoms with Crippen LogP contribution in [-0.4, -0.2) is 18.5 Å². The molecule has 0 unspecified atom stereocenters. The second-order valence-corrected chi connectivity index (χ2v) is 9.09. The second-order valence-electron chi connectivity index (χ2n) is 8.66. The first-order valence-corrected chi connectivity index (χ1v) is 13.0. The summed E-state index contributed by atoms with van der Waals surface area (Å²) in [6.07, 6.45) is 15.7. The van der Waals surface area contributed by atoms with E-state index < -0.39 is 17.4 Å². The quantitative estimate of drug-likeness (QED) is 0.0944. The number of benzene rings is 1. The first-order chi connectivity index (χ1) is 15.5. The van der Waals surface area contributed by atoms with Crippen molar-refractivity contribution in [2.45, 2.75) is 111 Å². The third-order valence-corrected chi connectivity index (χ3v) is 6.50. The molecule has 0 bridgehead atoms. The van der Waals surface area contributed by atoms with Gasteiger partial charge in [0.25, 0.3) is 0 Å². The first-order valence-electron chi connectivity index (χ1n) is 12.6. The molecule has 0 fully saturated rings. The Morgan fingerprint density at radius 3 is 1.66 bits per heavy atom. The van der Waals surface area contributed by atoms with Gasteiger partial charge in [-0.2, -0.15) is 0 Å². The Morgan fingerprint density at radius 1 is 0.719 bits per heavy atom. The standard InChI is InChI=1S/C27H43ClO4/c1-4-7-8-9-10-11-12-13-14-15-16-17-22-31-25(29)27(5-2,6-3)26(30)32-24-20-18-23(28)19-21-24/h18-21H,4-17,22H2,1-3H3. The zero-order valence-electron chi connectivity index (χ0n) is 20.4. The van der Waals surface area contributed by atoms with Gasteiger partial charge in [-0.25, -0.2) is 0 Å². The van der Waals surface area contributed by atoms with Crippen molar-refractivity contribution in [2.24, 2.45) is 5.41 Å². The van der Waals surface area contributed by atoms with Crippen LogP contribution in [0.25, 0.3) is 0 Å². The Hall–Kier alpha value is -1.55.